The zero-order chi connectivity index (χ0) is 31.4. The van der Waals surface area contributed by atoms with Gasteiger partial charge in [-0.3, -0.25) is 33.8 Å². The van der Waals surface area contributed by atoms with Crippen molar-refractivity contribution in [2.24, 2.45) is 22.4 Å². The maximum absolute atomic E-state index is 13.8. The number of nitrogens with one attached hydrogen (secondary N) is 4. The molecule has 0 radical (unpaired) electrons. The molecule has 1 aliphatic rings. The molecule has 1 saturated heterocycles. The van der Waals surface area contributed by atoms with Gasteiger partial charge in [-0.25, -0.2) is 0 Å². The van der Waals surface area contributed by atoms with Crippen LogP contribution in [0.25, 0.3) is 0 Å². The van der Waals surface area contributed by atoms with Crippen LogP contribution in [-0.4, -0.2) is 95.8 Å². The third-order valence-electron chi connectivity index (χ3n) is 6.59. The molecule has 9 N–H and O–H groups in total. The largest absolute Gasteiger partial charge is 0.481 e. The van der Waals surface area contributed by atoms with Crippen molar-refractivity contribution in [2.75, 3.05) is 20.1 Å². The van der Waals surface area contributed by atoms with E-state index >= 15 is 0 Å². The number of carbonyl (C=O) groups excluding carboxylic acids is 5. The lowest BCUT2D eigenvalue weighted by molar-refractivity contribution is -0.144. The van der Waals surface area contributed by atoms with Gasteiger partial charge in [0.15, 0.2) is 5.96 Å². The van der Waals surface area contributed by atoms with Crippen molar-refractivity contribution in [3.05, 3.63) is 35.9 Å². The van der Waals surface area contributed by atoms with Crippen LogP contribution in [-0.2, 0) is 35.2 Å². The Balaban J connectivity index is 0.00000924. The number of aliphatic imine (C=N–C) groups is 1. The van der Waals surface area contributed by atoms with E-state index in [1.807, 2.05) is 0 Å². The molecule has 16 heteroatoms. The summed E-state index contributed by atoms with van der Waals surface area (Å²) >= 11 is 0. The fourth-order valence-corrected chi connectivity index (χ4v) is 4.58. The van der Waals surface area contributed by atoms with Crippen LogP contribution in [0.4, 0.5) is 0 Å². The number of hydrogen-bond acceptors (Lipinski definition) is 7. The maximum Gasteiger partial charge on any atom is 0.305 e. The summed E-state index contributed by atoms with van der Waals surface area (Å²) in [5.74, 6) is -5.58. The Morgan fingerprint density at radius 3 is 2.19 bits per heavy atom. The predicted molar refractivity (Wildman–Crippen MR) is 160 cm³/mol. The summed E-state index contributed by atoms with van der Waals surface area (Å²) in [6.45, 7) is 3.04. The minimum atomic E-state index is -1.54. The molecule has 5 amide bonds. The second kappa shape index (κ2) is 17.5. The molecule has 4 atom stereocenters. The lowest BCUT2D eigenvalue weighted by Crippen LogP contribution is -2.59. The van der Waals surface area contributed by atoms with Crippen LogP contribution < -0.4 is 32.7 Å². The number of carboxylic acid groups (broad SMARTS) is 1. The predicted octanol–water partition coefficient (Wildman–Crippen LogP) is -1.75. The highest BCUT2D eigenvalue weighted by molar-refractivity contribution is 5.98. The first kappa shape index (κ1) is 36.6. The van der Waals surface area contributed by atoms with Gasteiger partial charge in [-0.1, -0.05) is 44.2 Å². The molecule has 0 aliphatic carbocycles. The number of halogens is 1. The van der Waals surface area contributed by atoms with E-state index in [1.54, 1.807) is 44.2 Å². The average Bonchev–Trinajstić information content (AvgIpc) is 2.91. The third kappa shape index (κ3) is 11.8. The molecule has 1 aromatic carbocycles. The van der Waals surface area contributed by atoms with Gasteiger partial charge in [0, 0.05) is 20.0 Å². The number of benzene rings is 1. The molecule has 15 nitrogen and oxygen atoms in total. The van der Waals surface area contributed by atoms with Crippen molar-refractivity contribution in [1.82, 2.24) is 26.2 Å². The van der Waals surface area contributed by atoms with Crippen LogP contribution in [0.15, 0.2) is 35.3 Å². The van der Waals surface area contributed by atoms with Crippen LogP contribution in [0.3, 0.4) is 0 Å². The number of guanidine groups is 1. The minimum Gasteiger partial charge on any atom is -0.481 e. The third-order valence-corrected chi connectivity index (χ3v) is 6.59. The highest BCUT2D eigenvalue weighted by Gasteiger charge is 2.37. The van der Waals surface area contributed by atoms with Gasteiger partial charge in [0.05, 0.1) is 13.0 Å². The molecule has 0 spiro atoms. The van der Waals surface area contributed by atoms with Gasteiger partial charge in [-0.15, -0.1) is 12.4 Å². The molecule has 1 heterocycles. The van der Waals surface area contributed by atoms with Crippen LogP contribution >= 0.6 is 12.4 Å². The second-order valence-corrected chi connectivity index (χ2v) is 10.3. The van der Waals surface area contributed by atoms with Gasteiger partial charge in [0.2, 0.25) is 29.5 Å². The fourth-order valence-electron chi connectivity index (χ4n) is 4.58. The smallest absolute Gasteiger partial charge is 0.305 e. The van der Waals surface area contributed by atoms with Crippen LogP contribution in [0.2, 0.25) is 0 Å². The average molecular weight is 625 g/mol. The Bertz CT molecular complexity index is 1180. The SMILES string of the molecule is CC(C)C1C(=O)NC(CCCN=C(N)N)C(=O)NCC(=O)NC(CC(=O)O)C(=O)NC(Cc2ccccc2)C(=O)N1C.Cl. The quantitative estimate of drug-likeness (QED) is 0.0934. The van der Waals surface area contributed by atoms with E-state index in [0.717, 1.165) is 0 Å². The summed E-state index contributed by atoms with van der Waals surface area (Å²) in [4.78, 5) is 82.8. The number of likely N-dealkylation sites (N-methyl/N-ethyl adjacent to an activating group) is 1. The van der Waals surface area contributed by atoms with Crippen molar-refractivity contribution >= 4 is 53.9 Å². The minimum absolute atomic E-state index is 0. The normalized spacial score (nSPS) is 22.1. The number of nitrogens with two attached hydrogens (primary N) is 2. The van der Waals surface area contributed by atoms with E-state index in [2.05, 4.69) is 26.3 Å². The Kier molecular flexibility index (Phi) is 14.9. The molecular weight excluding hydrogens is 584 g/mol. The van der Waals surface area contributed by atoms with Gasteiger partial charge in [0.1, 0.15) is 24.2 Å². The zero-order valence-corrected chi connectivity index (χ0v) is 25.2. The topological polar surface area (TPSA) is 238 Å². The summed E-state index contributed by atoms with van der Waals surface area (Å²) in [6.07, 6.45) is -0.322. The van der Waals surface area contributed by atoms with Crippen LogP contribution in [0.5, 0.6) is 0 Å². The van der Waals surface area contributed by atoms with Gasteiger partial charge >= 0.3 is 5.97 Å². The van der Waals surface area contributed by atoms with Crippen molar-refractivity contribution < 1.29 is 33.9 Å². The van der Waals surface area contributed by atoms with E-state index in [4.69, 9.17) is 11.5 Å². The number of hydrogen-bond donors (Lipinski definition) is 7. The molecule has 238 valence electrons. The summed E-state index contributed by atoms with van der Waals surface area (Å²) in [5.41, 5.74) is 11.4. The first-order valence-electron chi connectivity index (χ1n) is 13.6. The van der Waals surface area contributed by atoms with E-state index < -0.39 is 78.6 Å². The summed E-state index contributed by atoms with van der Waals surface area (Å²) in [5, 5.41) is 19.3. The highest BCUT2D eigenvalue weighted by atomic mass is 35.5. The van der Waals surface area contributed by atoms with E-state index in [1.165, 1.54) is 11.9 Å². The van der Waals surface area contributed by atoms with E-state index in [9.17, 15) is 33.9 Å². The summed E-state index contributed by atoms with van der Waals surface area (Å²) in [7, 11) is 1.42. The van der Waals surface area contributed by atoms with Crippen LogP contribution in [0.1, 0.15) is 38.7 Å². The molecule has 1 aromatic rings. The molecule has 1 fully saturated rings. The highest BCUT2D eigenvalue weighted by Crippen LogP contribution is 2.15. The van der Waals surface area contributed by atoms with E-state index in [0.29, 0.717) is 12.0 Å². The Morgan fingerprint density at radius 2 is 1.60 bits per heavy atom. The molecule has 43 heavy (non-hydrogen) atoms. The van der Waals surface area contributed by atoms with Gasteiger partial charge in [-0.05, 0) is 24.3 Å². The number of carbonyl (C=O) groups is 6. The number of carboxylic acids is 1. The van der Waals surface area contributed by atoms with Crippen LogP contribution in [0, 0.1) is 5.92 Å². The lowest BCUT2D eigenvalue weighted by atomic mass is 9.98. The molecular formula is C27H41ClN8O7. The Labute approximate surface area is 256 Å². The van der Waals surface area contributed by atoms with Crippen molar-refractivity contribution in [3.63, 3.8) is 0 Å². The maximum atomic E-state index is 13.8. The lowest BCUT2D eigenvalue weighted by Gasteiger charge is -2.34. The van der Waals surface area contributed by atoms with Gasteiger partial charge in [0.25, 0.3) is 0 Å². The number of aliphatic carboxylic acids is 1. The summed E-state index contributed by atoms with van der Waals surface area (Å²) < 4.78 is 0. The number of nitrogens with zero attached hydrogens (tertiary/aromatic N) is 2. The standard InChI is InChI=1S/C27H40N8O7.ClH/c1-15(2)22-25(41)33-17(10-7-11-30-27(28)29)23(39)31-14-20(36)32-18(13-21(37)38)24(40)34-19(26(42)35(22)3)12-16-8-5-4-6-9-16;/h4-6,8-9,15,17-19,22H,7,10-14H2,1-3H3,(H,31,39)(H,32,36)(H,33,41)(H,34,40)(H,37,38)(H4,28,29,30);1H. The fraction of sp³-hybridized carbons (Fsp3) is 0.519. The molecule has 0 saturated carbocycles. The number of rotatable bonds is 9. The van der Waals surface area contributed by atoms with Crippen molar-refractivity contribution in [1.29, 1.82) is 0 Å². The Hall–Kier alpha value is -4.40. The van der Waals surface area contributed by atoms with Gasteiger partial charge in [-0.2, -0.15) is 0 Å². The molecule has 4 unspecified atom stereocenters. The van der Waals surface area contributed by atoms with Crippen molar-refractivity contribution in [2.45, 2.75) is 63.7 Å². The van der Waals surface area contributed by atoms with Gasteiger partial charge < -0.3 is 42.7 Å². The summed E-state index contributed by atoms with van der Waals surface area (Å²) in [6, 6.07) is 3.92. The first-order chi connectivity index (χ1) is 19.8. The molecule has 0 aromatic heterocycles. The molecule has 2 rings (SSSR count). The monoisotopic (exact) mass is 624 g/mol. The first-order valence-corrected chi connectivity index (χ1v) is 13.6. The zero-order valence-electron chi connectivity index (χ0n) is 24.4. The second-order valence-electron chi connectivity index (χ2n) is 10.3. The number of amides is 5. The molecule has 1 aliphatic heterocycles. The van der Waals surface area contributed by atoms with E-state index in [-0.39, 0.29) is 37.8 Å². The molecule has 0 bridgehead atoms. The Morgan fingerprint density at radius 1 is 0.977 bits per heavy atom. The van der Waals surface area contributed by atoms with Crippen molar-refractivity contribution in [3.8, 4) is 0 Å².